The number of carbonyl (C=O) groups is 2. The quantitative estimate of drug-likeness (QED) is 0.338. The first-order valence-corrected chi connectivity index (χ1v) is 4.66. The van der Waals surface area contributed by atoms with Crippen molar-refractivity contribution in [2.24, 2.45) is 22.9 Å². The van der Waals surface area contributed by atoms with Gasteiger partial charge in [0, 0.05) is 6.42 Å². The molecule has 0 saturated carbocycles. The van der Waals surface area contributed by atoms with E-state index in [2.05, 4.69) is 0 Å². The summed E-state index contributed by atoms with van der Waals surface area (Å²) in [5, 5.41) is 8.45. The molecule has 0 atom stereocenters. The van der Waals surface area contributed by atoms with Crippen molar-refractivity contribution in [2.75, 3.05) is 0 Å². The fraction of sp³-hybridized carbons (Fsp3) is 0.750. The summed E-state index contributed by atoms with van der Waals surface area (Å²) in [7, 11) is 0. The van der Waals surface area contributed by atoms with Gasteiger partial charge < -0.3 is 5.11 Å². The van der Waals surface area contributed by atoms with E-state index in [1.165, 1.54) is 13.8 Å². The number of nitrogens with zero attached hydrogens (tertiary/aromatic N) is 1. The minimum atomic E-state index is -1.55. The number of aliphatic carboxylic acids is 1. The van der Waals surface area contributed by atoms with Crippen LogP contribution in [0.1, 0.15) is 26.7 Å². The highest BCUT2D eigenvalue weighted by atomic mass is 16.4. The van der Waals surface area contributed by atoms with Crippen molar-refractivity contribution in [1.29, 1.82) is 0 Å². The van der Waals surface area contributed by atoms with Gasteiger partial charge in [0.2, 0.25) is 5.91 Å². The molecule has 0 spiro atoms. The maximum Gasteiger partial charge on any atom is 0.303 e. The minimum absolute atomic E-state index is 0.261. The molecular weight excluding hydrogens is 214 g/mol. The molecule has 0 rings (SSSR count). The van der Waals surface area contributed by atoms with E-state index in [4.69, 9.17) is 28.0 Å². The second-order valence-corrected chi connectivity index (χ2v) is 4.07. The Kier molecular flexibility index (Phi) is 4.38. The number of carboxylic acids is 1. The molecule has 0 aromatic heterocycles. The standard InChI is InChI=1S/C8H19N5O3/c1-7(9,10)13(8(2,11)12)5(14)3-4-6(15)16/h3-4,9-12H2,1-2H3,(H,15,16). The second-order valence-electron chi connectivity index (χ2n) is 4.07. The van der Waals surface area contributed by atoms with Crippen molar-refractivity contribution in [3.05, 3.63) is 0 Å². The molecule has 8 heteroatoms. The van der Waals surface area contributed by atoms with E-state index < -0.39 is 23.5 Å². The van der Waals surface area contributed by atoms with Crippen LogP contribution in [-0.2, 0) is 9.59 Å². The zero-order chi connectivity index (χ0) is 13.1. The van der Waals surface area contributed by atoms with E-state index in [1.807, 2.05) is 0 Å². The SMILES string of the molecule is CC(N)(N)N(C(=O)CCC(=O)O)C(C)(N)N. The predicted molar refractivity (Wildman–Crippen MR) is 57.3 cm³/mol. The molecule has 0 aromatic rings. The van der Waals surface area contributed by atoms with Crippen LogP contribution in [-0.4, -0.2) is 33.5 Å². The lowest BCUT2D eigenvalue weighted by Gasteiger charge is -2.43. The van der Waals surface area contributed by atoms with Crippen molar-refractivity contribution in [3.63, 3.8) is 0 Å². The highest BCUT2D eigenvalue weighted by molar-refractivity contribution is 5.81. The molecule has 0 aliphatic rings. The first kappa shape index (κ1) is 14.8. The van der Waals surface area contributed by atoms with Crippen LogP contribution in [0.2, 0.25) is 0 Å². The lowest BCUT2D eigenvalue weighted by molar-refractivity contribution is -0.149. The highest BCUT2D eigenvalue weighted by Crippen LogP contribution is 2.12. The topological polar surface area (TPSA) is 162 Å². The normalized spacial score (nSPS) is 12.4. The average molecular weight is 233 g/mol. The molecule has 0 heterocycles. The number of rotatable bonds is 5. The largest absolute Gasteiger partial charge is 0.481 e. The number of amides is 1. The summed E-state index contributed by atoms with van der Waals surface area (Å²) in [4.78, 5) is 22.9. The van der Waals surface area contributed by atoms with Gasteiger partial charge in [-0.05, 0) is 13.8 Å². The molecule has 0 aliphatic heterocycles. The Hall–Kier alpha value is -1.22. The monoisotopic (exact) mass is 233 g/mol. The molecule has 0 aliphatic carbocycles. The third kappa shape index (κ3) is 4.53. The highest BCUT2D eigenvalue weighted by Gasteiger charge is 2.37. The van der Waals surface area contributed by atoms with Crippen LogP contribution in [0.4, 0.5) is 0 Å². The smallest absolute Gasteiger partial charge is 0.303 e. The van der Waals surface area contributed by atoms with Crippen LogP contribution in [0, 0.1) is 0 Å². The molecule has 0 saturated heterocycles. The van der Waals surface area contributed by atoms with Crippen LogP contribution in [0.25, 0.3) is 0 Å². The third-order valence-corrected chi connectivity index (χ3v) is 1.77. The van der Waals surface area contributed by atoms with Crippen LogP contribution in [0.3, 0.4) is 0 Å². The van der Waals surface area contributed by atoms with E-state index >= 15 is 0 Å². The molecule has 9 N–H and O–H groups in total. The van der Waals surface area contributed by atoms with Gasteiger partial charge >= 0.3 is 5.97 Å². The zero-order valence-corrected chi connectivity index (χ0v) is 9.43. The fourth-order valence-corrected chi connectivity index (χ4v) is 1.38. The Morgan fingerprint density at radius 3 is 1.69 bits per heavy atom. The van der Waals surface area contributed by atoms with Gasteiger partial charge in [0.15, 0.2) is 0 Å². The van der Waals surface area contributed by atoms with Gasteiger partial charge in [-0.15, -0.1) is 0 Å². The molecule has 94 valence electrons. The number of nitrogens with two attached hydrogens (primary N) is 4. The number of hydrogen-bond donors (Lipinski definition) is 5. The van der Waals surface area contributed by atoms with E-state index in [0.29, 0.717) is 0 Å². The number of carboxylic acid groups (broad SMARTS) is 1. The molecule has 8 nitrogen and oxygen atoms in total. The molecule has 0 aromatic carbocycles. The molecule has 1 amide bonds. The van der Waals surface area contributed by atoms with E-state index in [9.17, 15) is 9.59 Å². The van der Waals surface area contributed by atoms with Crippen LogP contribution in [0.5, 0.6) is 0 Å². The summed E-state index contributed by atoms with van der Waals surface area (Å²) in [5.74, 6) is -4.80. The molecule has 0 unspecified atom stereocenters. The molecular formula is C8H19N5O3. The van der Waals surface area contributed by atoms with Crippen molar-refractivity contribution in [1.82, 2.24) is 4.90 Å². The van der Waals surface area contributed by atoms with Gasteiger partial charge in [-0.25, -0.2) is 0 Å². The Bertz CT molecular complexity index is 264. The summed E-state index contributed by atoms with van der Waals surface area (Å²) in [6, 6.07) is 0. The van der Waals surface area contributed by atoms with Crippen LogP contribution in [0.15, 0.2) is 0 Å². The summed E-state index contributed by atoms with van der Waals surface area (Å²) in [6.45, 7) is 2.70. The Labute approximate surface area is 93.5 Å². The third-order valence-electron chi connectivity index (χ3n) is 1.77. The van der Waals surface area contributed by atoms with Gasteiger partial charge in [-0.1, -0.05) is 0 Å². The molecule has 0 bridgehead atoms. The van der Waals surface area contributed by atoms with Gasteiger partial charge in [0.25, 0.3) is 0 Å². The number of hydrogen-bond acceptors (Lipinski definition) is 6. The summed E-state index contributed by atoms with van der Waals surface area (Å²) < 4.78 is 0. The van der Waals surface area contributed by atoms with Crippen molar-refractivity contribution >= 4 is 11.9 Å². The van der Waals surface area contributed by atoms with Gasteiger partial charge in [0.05, 0.1) is 6.42 Å². The van der Waals surface area contributed by atoms with Gasteiger partial charge in [-0.3, -0.25) is 37.4 Å². The predicted octanol–water partition coefficient (Wildman–Crippen LogP) is -2.14. The summed E-state index contributed by atoms with van der Waals surface area (Å²) >= 11 is 0. The van der Waals surface area contributed by atoms with E-state index in [-0.39, 0.29) is 12.8 Å². The minimum Gasteiger partial charge on any atom is -0.481 e. The molecule has 0 fully saturated rings. The Morgan fingerprint density at radius 1 is 1.06 bits per heavy atom. The van der Waals surface area contributed by atoms with Crippen molar-refractivity contribution in [2.45, 2.75) is 38.3 Å². The van der Waals surface area contributed by atoms with E-state index in [0.717, 1.165) is 4.90 Å². The Morgan fingerprint density at radius 2 is 1.44 bits per heavy atom. The van der Waals surface area contributed by atoms with Gasteiger partial charge in [0.1, 0.15) is 11.6 Å². The lowest BCUT2D eigenvalue weighted by atomic mass is 10.2. The second kappa shape index (κ2) is 4.74. The Balaban J connectivity index is 4.80. The van der Waals surface area contributed by atoms with Crippen LogP contribution < -0.4 is 22.9 Å². The van der Waals surface area contributed by atoms with Crippen molar-refractivity contribution in [3.8, 4) is 0 Å². The lowest BCUT2D eigenvalue weighted by Crippen LogP contribution is -2.75. The summed E-state index contributed by atoms with van der Waals surface area (Å²) in [5.41, 5.74) is 22.2. The van der Waals surface area contributed by atoms with Crippen LogP contribution >= 0.6 is 0 Å². The first-order chi connectivity index (χ1) is 6.96. The molecule has 16 heavy (non-hydrogen) atoms. The fourth-order valence-electron chi connectivity index (χ4n) is 1.38. The number of carbonyl (C=O) groups excluding carboxylic acids is 1. The maximum absolute atomic E-state index is 11.7. The van der Waals surface area contributed by atoms with Gasteiger partial charge in [-0.2, -0.15) is 0 Å². The first-order valence-electron chi connectivity index (χ1n) is 4.66. The summed E-state index contributed by atoms with van der Waals surface area (Å²) in [6.07, 6.45) is -0.592. The average Bonchev–Trinajstić information content (AvgIpc) is 1.94. The molecule has 0 radical (unpaired) electrons. The van der Waals surface area contributed by atoms with Crippen molar-refractivity contribution < 1.29 is 14.7 Å². The zero-order valence-electron chi connectivity index (χ0n) is 9.43. The maximum atomic E-state index is 11.7. The van der Waals surface area contributed by atoms with E-state index in [1.54, 1.807) is 0 Å².